The molecule has 1 heterocycles. The third kappa shape index (κ3) is 2.50. The first kappa shape index (κ1) is 12.7. The molecule has 0 radical (unpaired) electrons. The summed E-state index contributed by atoms with van der Waals surface area (Å²) in [4.78, 5) is 0. The van der Waals surface area contributed by atoms with E-state index in [2.05, 4.69) is 44.9 Å². The number of aryl methyl sites for hydroxylation is 2. The van der Waals surface area contributed by atoms with Crippen LogP contribution >= 0.6 is 15.9 Å². The van der Waals surface area contributed by atoms with Crippen molar-refractivity contribution >= 4 is 15.9 Å². The summed E-state index contributed by atoms with van der Waals surface area (Å²) in [7, 11) is 0. The van der Waals surface area contributed by atoms with Crippen LogP contribution in [-0.2, 0) is 13.1 Å². The van der Waals surface area contributed by atoms with E-state index < -0.39 is 0 Å². The summed E-state index contributed by atoms with van der Waals surface area (Å²) in [5.74, 6) is 1.91. The molecule has 18 heavy (non-hydrogen) atoms. The highest BCUT2D eigenvalue weighted by atomic mass is 79.9. The second-order valence-electron chi connectivity index (χ2n) is 5.74. The van der Waals surface area contributed by atoms with Gasteiger partial charge < -0.3 is 5.32 Å². The minimum atomic E-state index is 0.761. The van der Waals surface area contributed by atoms with Crippen molar-refractivity contribution in [2.45, 2.75) is 58.7 Å². The molecule has 0 aromatic carbocycles. The fraction of sp³-hybridized carbons (Fsp3) is 0.786. The van der Waals surface area contributed by atoms with E-state index in [0.29, 0.717) is 0 Å². The van der Waals surface area contributed by atoms with Crippen molar-refractivity contribution in [1.29, 1.82) is 0 Å². The maximum atomic E-state index is 4.56. The first-order valence-corrected chi connectivity index (χ1v) is 7.95. The Morgan fingerprint density at radius 3 is 2.44 bits per heavy atom. The Bertz CT molecular complexity index is 420. The molecule has 1 aromatic rings. The zero-order valence-electron chi connectivity index (χ0n) is 11.2. The molecule has 1 aromatic heterocycles. The van der Waals surface area contributed by atoms with Crippen LogP contribution in [0.4, 0.5) is 0 Å². The van der Waals surface area contributed by atoms with Crippen LogP contribution in [0.5, 0.6) is 0 Å². The topological polar surface area (TPSA) is 29.9 Å². The van der Waals surface area contributed by atoms with Gasteiger partial charge in [0.25, 0.3) is 0 Å². The minimum Gasteiger partial charge on any atom is -0.308 e. The van der Waals surface area contributed by atoms with E-state index in [1.54, 1.807) is 0 Å². The molecule has 0 amide bonds. The minimum absolute atomic E-state index is 0.761. The Morgan fingerprint density at radius 1 is 1.33 bits per heavy atom. The number of nitrogens with zero attached hydrogens (tertiary/aromatic N) is 2. The summed E-state index contributed by atoms with van der Waals surface area (Å²) in [6, 6.07) is 0.761. The van der Waals surface area contributed by atoms with Gasteiger partial charge in [-0.15, -0.1) is 0 Å². The molecule has 0 atom stereocenters. The third-order valence-corrected chi connectivity index (χ3v) is 5.25. The molecule has 0 spiro atoms. The Balaban J connectivity index is 1.68. The molecule has 3 rings (SSSR count). The highest BCUT2D eigenvalue weighted by Gasteiger charge is 2.41. The number of hydrogen-bond donors (Lipinski definition) is 1. The van der Waals surface area contributed by atoms with Gasteiger partial charge >= 0.3 is 0 Å². The number of halogens is 1. The average molecular weight is 312 g/mol. The van der Waals surface area contributed by atoms with E-state index in [-0.39, 0.29) is 0 Å². The van der Waals surface area contributed by atoms with Crippen molar-refractivity contribution in [2.75, 3.05) is 0 Å². The zero-order chi connectivity index (χ0) is 12.7. The van der Waals surface area contributed by atoms with E-state index in [4.69, 9.17) is 0 Å². The standard InChI is InChI=1S/C14H22BrN3/c1-3-18-12(13(15)9(2)17-18)8-16-14(10-4-5-10)11-6-7-11/h10-11,14,16H,3-8H2,1-2H3. The molecule has 3 nitrogen and oxygen atoms in total. The van der Waals surface area contributed by atoms with Gasteiger partial charge in [0.1, 0.15) is 0 Å². The number of aromatic nitrogens is 2. The van der Waals surface area contributed by atoms with E-state index in [0.717, 1.165) is 36.7 Å². The summed E-state index contributed by atoms with van der Waals surface area (Å²) in [6.45, 7) is 6.12. The lowest BCUT2D eigenvalue weighted by Crippen LogP contribution is -2.33. The molecule has 0 aliphatic heterocycles. The molecule has 4 heteroatoms. The maximum absolute atomic E-state index is 4.56. The molecule has 2 aliphatic carbocycles. The number of nitrogens with one attached hydrogen (secondary N) is 1. The molecule has 100 valence electrons. The smallest absolute Gasteiger partial charge is 0.0739 e. The van der Waals surface area contributed by atoms with Crippen molar-refractivity contribution < 1.29 is 0 Å². The molecule has 2 saturated carbocycles. The van der Waals surface area contributed by atoms with Crippen molar-refractivity contribution in [1.82, 2.24) is 15.1 Å². The van der Waals surface area contributed by atoms with E-state index >= 15 is 0 Å². The lowest BCUT2D eigenvalue weighted by atomic mass is 10.1. The molecule has 2 aliphatic rings. The van der Waals surface area contributed by atoms with Crippen molar-refractivity contribution in [2.24, 2.45) is 11.8 Å². The summed E-state index contributed by atoms with van der Waals surface area (Å²) < 4.78 is 3.30. The first-order chi connectivity index (χ1) is 8.70. The predicted molar refractivity (Wildman–Crippen MR) is 76.4 cm³/mol. The van der Waals surface area contributed by atoms with Gasteiger partial charge in [-0.05, 0) is 67.3 Å². The quantitative estimate of drug-likeness (QED) is 0.874. The van der Waals surface area contributed by atoms with Crippen molar-refractivity contribution in [3.8, 4) is 0 Å². The Morgan fingerprint density at radius 2 is 1.94 bits per heavy atom. The summed E-state index contributed by atoms with van der Waals surface area (Å²) in [6.07, 6.45) is 5.73. The lowest BCUT2D eigenvalue weighted by Gasteiger charge is -2.18. The maximum Gasteiger partial charge on any atom is 0.0739 e. The molecule has 0 saturated heterocycles. The van der Waals surface area contributed by atoms with Crippen molar-refractivity contribution in [3.63, 3.8) is 0 Å². The summed E-state index contributed by atoms with van der Waals surface area (Å²) >= 11 is 3.67. The van der Waals surface area contributed by atoms with E-state index in [1.807, 2.05) is 0 Å². The highest BCUT2D eigenvalue weighted by Crippen LogP contribution is 2.44. The van der Waals surface area contributed by atoms with Gasteiger partial charge in [-0.1, -0.05) is 0 Å². The van der Waals surface area contributed by atoms with Gasteiger partial charge in [-0.25, -0.2) is 0 Å². The van der Waals surface area contributed by atoms with Gasteiger partial charge in [0, 0.05) is 19.1 Å². The van der Waals surface area contributed by atoms with Crippen LogP contribution < -0.4 is 5.32 Å². The van der Waals surface area contributed by atoms with Gasteiger partial charge in [-0.2, -0.15) is 5.10 Å². The lowest BCUT2D eigenvalue weighted by molar-refractivity contribution is 0.406. The second-order valence-corrected chi connectivity index (χ2v) is 6.54. The Labute approximate surface area is 117 Å². The number of hydrogen-bond acceptors (Lipinski definition) is 2. The van der Waals surface area contributed by atoms with Crippen LogP contribution in [0.3, 0.4) is 0 Å². The zero-order valence-corrected chi connectivity index (χ0v) is 12.8. The van der Waals surface area contributed by atoms with Gasteiger partial charge in [0.15, 0.2) is 0 Å². The van der Waals surface area contributed by atoms with Gasteiger partial charge in [0.2, 0.25) is 0 Å². The SMILES string of the molecule is CCn1nc(C)c(Br)c1CNC(C1CC1)C1CC1. The Hall–Kier alpha value is -0.350. The molecule has 2 fully saturated rings. The second kappa shape index (κ2) is 4.97. The molecular formula is C14H22BrN3. The fourth-order valence-electron chi connectivity index (χ4n) is 2.88. The number of rotatable bonds is 6. The first-order valence-electron chi connectivity index (χ1n) is 7.15. The summed E-state index contributed by atoms with van der Waals surface area (Å²) in [5.41, 5.74) is 2.41. The monoisotopic (exact) mass is 311 g/mol. The molecule has 0 bridgehead atoms. The fourth-order valence-corrected chi connectivity index (χ4v) is 3.31. The molecular weight excluding hydrogens is 290 g/mol. The van der Waals surface area contributed by atoms with Crippen LogP contribution in [0.15, 0.2) is 4.47 Å². The van der Waals surface area contributed by atoms with Crippen molar-refractivity contribution in [3.05, 3.63) is 15.9 Å². The Kier molecular flexibility index (Phi) is 3.50. The average Bonchev–Trinajstić information content (AvgIpc) is 3.24. The predicted octanol–water partition coefficient (Wildman–Crippen LogP) is 3.25. The molecule has 1 N–H and O–H groups in total. The molecule has 0 unspecified atom stereocenters. The highest BCUT2D eigenvalue weighted by molar-refractivity contribution is 9.10. The third-order valence-electron chi connectivity index (χ3n) is 4.22. The summed E-state index contributed by atoms with van der Waals surface area (Å²) in [5, 5.41) is 8.36. The van der Waals surface area contributed by atoms with Crippen LogP contribution in [0.25, 0.3) is 0 Å². The van der Waals surface area contributed by atoms with Crippen LogP contribution in [0.2, 0.25) is 0 Å². The van der Waals surface area contributed by atoms with Crippen LogP contribution in [-0.4, -0.2) is 15.8 Å². The normalized spacial score (nSPS) is 19.8. The van der Waals surface area contributed by atoms with Gasteiger partial charge in [0.05, 0.1) is 15.9 Å². The van der Waals surface area contributed by atoms with Crippen LogP contribution in [0.1, 0.15) is 44.0 Å². The van der Waals surface area contributed by atoms with Gasteiger partial charge in [-0.3, -0.25) is 4.68 Å². The largest absolute Gasteiger partial charge is 0.308 e. The van der Waals surface area contributed by atoms with Crippen LogP contribution in [0, 0.1) is 18.8 Å². The van der Waals surface area contributed by atoms with E-state index in [1.165, 1.54) is 35.8 Å². The van der Waals surface area contributed by atoms with E-state index in [9.17, 15) is 0 Å².